The summed E-state index contributed by atoms with van der Waals surface area (Å²) in [6.07, 6.45) is -1.81. The molecule has 0 saturated carbocycles. The average molecular weight is 518 g/mol. The van der Waals surface area contributed by atoms with Gasteiger partial charge in [-0.3, -0.25) is 14.8 Å². The van der Waals surface area contributed by atoms with Crippen LogP contribution in [0.25, 0.3) is 0 Å². The molecular formula is C26H26F3N3O5. The van der Waals surface area contributed by atoms with Crippen LogP contribution in [0.4, 0.5) is 13.2 Å². The van der Waals surface area contributed by atoms with Crippen LogP contribution in [0.5, 0.6) is 17.2 Å². The van der Waals surface area contributed by atoms with Gasteiger partial charge in [-0.25, -0.2) is 0 Å². The van der Waals surface area contributed by atoms with E-state index in [2.05, 4.69) is 9.97 Å². The molecule has 3 heterocycles. The molecule has 1 aliphatic heterocycles. The Morgan fingerprint density at radius 2 is 1.81 bits per heavy atom. The number of hydrogen-bond donors (Lipinski definition) is 0. The van der Waals surface area contributed by atoms with E-state index in [-0.39, 0.29) is 18.4 Å². The predicted octanol–water partition coefficient (Wildman–Crippen LogP) is 4.35. The fourth-order valence-corrected chi connectivity index (χ4v) is 3.77. The molecule has 8 nitrogen and oxygen atoms in total. The van der Waals surface area contributed by atoms with Crippen LogP contribution in [-0.2, 0) is 17.5 Å². The minimum absolute atomic E-state index is 0.0355. The Labute approximate surface area is 212 Å². The van der Waals surface area contributed by atoms with Crippen molar-refractivity contribution in [2.45, 2.75) is 18.7 Å². The predicted molar refractivity (Wildman–Crippen MR) is 127 cm³/mol. The fourth-order valence-electron chi connectivity index (χ4n) is 3.77. The molecule has 1 amide bonds. The summed E-state index contributed by atoms with van der Waals surface area (Å²) in [5.41, 5.74) is 0.834. The SMILES string of the molecule is COCCOc1ccnc(C(=O)N2CC(c3ccc(OCc4ccc(C(F)(F)F)nc4)c(OC)c3)C2)c1. The molecule has 11 heteroatoms. The molecule has 0 radical (unpaired) electrons. The second-order valence-electron chi connectivity index (χ2n) is 8.37. The van der Waals surface area contributed by atoms with Crippen LogP contribution >= 0.6 is 0 Å². The Hall–Kier alpha value is -3.86. The molecule has 1 saturated heterocycles. The van der Waals surface area contributed by atoms with Gasteiger partial charge in [0.15, 0.2) is 11.5 Å². The summed E-state index contributed by atoms with van der Waals surface area (Å²) in [6.45, 7) is 1.90. The largest absolute Gasteiger partial charge is 0.493 e. The summed E-state index contributed by atoms with van der Waals surface area (Å²) in [5, 5.41) is 0. The molecule has 4 rings (SSSR count). The molecule has 0 atom stereocenters. The van der Waals surface area contributed by atoms with Gasteiger partial charge >= 0.3 is 6.18 Å². The number of likely N-dealkylation sites (tertiary alicyclic amines) is 1. The molecule has 0 spiro atoms. The quantitative estimate of drug-likeness (QED) is 0.370. The molecule has 0 N–H and O–H groups in total. The van der Waals surface area contributed by atoms with Crippen molar-refractivity contribution >= 4 is 5.91 Å². The Bertz CT molecular complexity index is 1210. The van der Waals surface area contributed by atoms with E-state index in [0.29, 0.717) is 54.8 Å². The lowest BCUT2D eigenvalue weighted by Gasteiger charge is -2.39. The third-order valence-corrected chi connectivity index (χ3v) is 5.84. The number of hydrogen-bond acceptors (Lipinski definition) is 7. The molecule has 1 aromatic carbocycles. The molecule has 1 aliphatic rings. The summed E-state index contributed by atoms with van der Waals surface area (Å²) >= 11 is 0. The normalized spacial score (nSPS) is 13.7. The number of benzene rings is 1. The Balaban J connectivity index is 1.33. The van der Waals surface area contributed by atoms with Crippen LogP contribution in [0.1, 0.15) is 33.2 Å². The molecule has 196 valence electrons. The topological polar surface area (TPSA) is 83.0 Å². The third-order valence-electron chi connectivity index (χ3n) is 5.84. The average Bonchev–Trinajstić information content (AvgIpc) is 2.87. The lowest BCUT2D eigenvalue weighted by atomic mass is 9.91. The number of amides is 1. The fraction of sp³-hybridized carbons (Fsp3) is 0.346. The van der Waals surface area contributed by atoms with E-state index in [4.69, 9.17) is 18.9 Å². The van der Waals surface area contributed by atoms with Gasteiger partial charge in [-0.05, 0) is 29.8 Å². The van der Waals surface area contributed by atoms with Crippen LogP contribution in [-0.4, -0.2) is 61.3 Å². The summed E-state index contributed by atoms with van der Waals surface area (Å²) in [4.78, 5) is 22.1. The number of ether oxygens (including phenoxy) is 4. The van der Waals surface area contributed by atoms with Crippen LogP contribution in [0.15, 0.2) is 54.9 Å². The number of aromatic nitrogens is 2. The van der Waals surface area contributed by atoms with Crippen LogP contribution in [0.2, 0.25) is 0 Å². The number of halogens is 3. The van der Waals surface area contributed by atoms with Gasteiger partial charge < -0.3 is 23.8 Å². The van der Waals surface area contributed by atoms with Crippen molar-refractivity contribution in [2.75, 3.05) is 40.5 Å². The Morgan fingerprint density at radius 3 is 2.49 bits per heavy atom. The van der Waals surface area contributed by atoms with Gasteiger partial charge in [-0.2, -0.15) is 13.2 Å². The molecule has 3 aromatic rings. The van der Waals surface area contributed by atoms with Crippen molar-refractivity contribution in [3.05, 3.63) is 77.4 Å². The number of nitrogens with zero attached hydrogens (tertiary/aromatic N) is 3. The standard InChI is InChI=1S/C26H26F3N3O5/c1-34-9-10-36-20-7-8-30-21(12-20)25(33)32-14-19(15-32)18-4-5-22(23(11-18)35-2)37-16-17-3-6-24(31-13-17)26(27,28)29/h3-8,11-13,19H,9-10,14-16H2,1-2H3. The maximum Gasteiger partial charge on any atom is 0.433 e. The summed E-state index contributed by atoms with van der Waals surface area (Å²) < 4.78 is 59.8. The zero-order valence-electron chi connectivity index (χ0n) is 20.3. The van der Waals surface area contributed by atoms with E-state index in [1.54, 1.807) is 30.2 Å². The van der Waals surface area contributed by atoms with E-state index in [1.807, 2.05) is 12.1 Å². The number of methoxy groups -OCH3 is 2. The van der Waals surface area contributed by atoms with E-state index in [0.717, 1.165) is 17.8 Å². The Kier molecular flexibility index (Phi) is 8.12. The van der Waals surface area contributed by atoms with Crippen molar-refractivity contribution in [1.82, 2.24) is 14.9 Å². The highest BCUT2D eigenvalue weighted by Crippen LogP contribution is 2.35. The van der Waals surface area contributed by atoms with E-state index < -0.39 is 11.9 Å². The maximum atomic E-state index is 12.8. The van der Waals surface area contributed by atoms with Crippen LogP contribution < -0.4 is 14.2 Å². The zero-order chi connectivity index (χ0) is 26.4. The van der Waals surface area contributed by atoms with Gasteiger partial charge in [0.25, 0.3) is 5.91 Å². The number of carbonyl (C=O) groups excluding carboxylic acids is 1. The van der Waals surface area contributed by atoms with Gasteiger partial charge in [0, 0.05) is 50.1 Å². The number of alkyl halides is 3. The zero-order valence-corrected chi connectivity index (χ0v) is 20.3. The maximum absolute atomic E-state index is 12.8. The van der Waals surface area contributed by atoms with Gasteiger partial charge in [0.1, 0.15) is 30.4 Å². The number of rotatable bonds is 10. The minimum Gasteiger partial charge on any atom is -0.493 e. The molecule has 37 heavy (non-hydrogen) atoms. The highest BCUT2D eigenvalue weighted by Gasteiger charge is 2.34. The van der Waals surface area contributed by atoms with Gasteiger partial charge in [0.05, 0.1) is 13.7 Å². The summed E-state index contributed by atoms with van der Waals surface area (Å²) in [7, 11) is 3.10. The first-order valence-electron chi connectivity index (χ1n) is 11.5. The lowest BCUT2D eigenvalue weighted by molar-refractivity contribution is -0.141. The molecule has 0 aliphatic carbocycles. The van der Waals surface area contributed by atoms with Gasteiger partial charge in [-0.1, -0.05) is 12.1 Å². The summed E-state index contributed by atoms with van der Waals surface area (Å²) in [6, 6.07) is 11.0. The second kappa shape index (κ2) is 11.5. The molecule has 2 aromatic heterocycles. The van der Waals surface area contributed by atoms with Crippen LogP contribution in [0.3, 0.4) is 0 Å². The highest BCUT2D eigenvalue weighted by atomic mass is 19.4. The number of pyridine rings is 2. The molecular weight excluding hydrogens is 491 g/mol. The minimum atomic E-state index is -4.49. The van der Waals surface area contributed by atoms with E-state index in [1.165, 1.54) is 19.4 Å². The molecule has 1 fully saturated rings. The molecule has 0 bridgehead atoms. The Morgan fingerprint density at radius 1 is 1.00 bits per heavy atom. The van der Waals surface area contributed by atoms with E-state index >= 15 is 0 Å². The smallest absolute Gasteiger partial charge is 0.433 e. The van der Waals surface area contributed by atoms with Crippen molar-refractivity contribution < 1.29 is 36.9 Å². The lowest BCUT2D eigenvalue weighted by Crippen LogP contribution is -2.48. The monoisotopic (exact) mass is 517 g/mol. The van der Waals surface area contributed by atoms with Crippen molar-refractivity contribution in [3.8, 4) is 17.2 Å². The van der Waals surface area contributed by atoms with E-state index in [9.17, 15) is 18.0 Å². The third kappa shape index (κ3) is 6.48. The molecule has 0 unspecified atom stereocenters. The van der Waals surface area contributed by atoms with Gasteiger partial charge in [0.2, 0.25) is 0 Å². The first-order valence-corrected chi connectivity index (χ1v) is 11.5. The van der Waals surface area contributed by atoms with Crippen molar-refractivity contribution in [2.24, 2.45) is 0 Å². The number of carbonyl (C=O) groups is 1. The van der Waals surface area contributed by atoms with Gasteiger partial charge in [-0.15, -0.1) is 0 Å². The highest BCUT2D eigenvalue weighted by molar-refractivity contribution is 5.93. The summed E-state index contributed by atoms with van der Waals surface area (Å²) in [5.74, 6) is 1.44. The first kappa shape index (κ1) is 26.2. The van der Waals surface area contributed by atoms with Crippen LogP contribution in [0, 0.1) is 0 Å². The second-order valence-corrected chi connectivity index (χ2v) is 8.37. The van der Waals surface area contributed by atoms with Crippen molar-refractivity contribution in [3.63, 3.8) is 0 Å². The van der Waals surface area contributed by atoms with Crippen molar-refractivity contribution in [1.29, 1.82) is 0 Å². The first-order chi connectivity index (χ1) is 17.8.